The minimum atomic E-state index is -1.30. The molecule has 1 aliphatic rings. The Bertz CT molecular complexity index is 435. The summed E-state index contributed by atoms with van der Waals surface area (Å²) in [6, 6.07) is 1.13. The molecule has 0 spiro atoms. The number of pyridine rings is 1. The number of hydrogen-bond donors (Lipinski definition) is 2. The molecule has 0 unspecified atom stereocenters. The molecule has 1 fully saturated rings. The van der Waals surface area contributed by atoms with Crippen molar-refractivity contribution in [1.82, 2.24) is 4.98 Å². The predicted octanol–water partition coefficient (Wildman–Crippen LogP) is 1.76. The second-order valence-electron chi connectivity index (χ2n) is 4.27. The van der Waals surface area contributed by atoms with Crippen molar-refractivity contribution in [2.45, 2.75) is 12.8 Å². The fraction of sp³-hybridized carbons (Fsp3) is 0.500. The van der Waals surface area contributed by atoms with Gasteiger partial charge in [0.05, 0.1) is 6.61 Å². The van der Waals surface area contributed by atoms with Crippen LogP contribution in [0.15, 0.2) is 12.3 Å². The Morgan fingerprint density at radius 2 is 2.39 bits per heavy atom. The Labute approximate surface area is 104 Å². The van der Waals surface area contributed by atoms with Gasteiger partial charge in [0, 0.05) is 19.3 Å². The highest BCUT2D eigenvalue weighted by molar-refractivity contribution is 5.88. The number of carboxylic acid groups (broad SMARTS) is 1. The van der Waals surface area contributed by atoms with E-state index in [-0.39, 0.29) is 11.4 Å². The predicted molar refractivity (Wildman–Crippen MR) is 63.2 cm³/mol. The molecular formula is C12H15FN2O3. The molecule has 0 aromatic carbocycles. The Hall–Kier alpha value is -1.69. The summed E-state index contributed by atoms with van der Waals surface area (Å²) >= 11 is 0. The van der Waals surface area contributed by atoms with Gasteiger partial charge in [-0.1, -0.05) is 0 Å². The van der Waals surface area contributed by atoms with Gasteiger partial charge >= 0.3 is 5.97 Å². The minimum absolute atomic E-state index is 0.0510. The van der Waals surface area contributed by atoms with Crippen LogP contribution in [0, 0.1) is 11.7 Å². The molecule has 18 heavy (non-hydrogen) atoms. The normalized spacial score (nSPS) is 14.5. The van der Waals surface area contributed by atoms with Crippen molar-refractivity contribution >= 4 is 11.8 Å². The Balaban J connectivity index is 1.80. The minimum Gasteiger partial charge on any atom is -0.478 e. The van der Waals surface area contributed by atoms with E-state index in [1.54, 1.807) is 0 Å². The number of aromatic nitrogens is 1. The van der Waals surface area contributed by atoms with Gasteiger partial charge in [-0.15, -0.1) is 0 Å². The van der Waals surface area contributed by atoms with Gasteiger partial charge in [-0.3, -0.25) is 0 Å². The number of nitrogens with one attached hydrogen (secondary N) is 1. The van der Waals surface area contributed by atoms with Crippen LogP contribution in [0.1, 0.15) is 23.2 Å². The zero-order valence-electron chi connectivity index (χ0n) is 9.86. The lowest BCUT2D eigenvalue weighted by atomic mass is 10.2. The lowest BCUT2D eigenvalue weighted by Gasteiger charge is -2.08. The summed E-state index contributed by atoms with van der Waals surface area (Å²) in [7, 11) is 0. The number of halogens is 1. The van der Waals surface area contributed by atoms with E-state index in [1.165, 1.54) is 19.0 Å². The molecule has 98 valence electrons. The van der Waals surface area contributed by atoms with E-state index in [2.05, 4.69) is 10.3 Å². The van der Waals surface area contributed by atoms with Crippen LogP contribution in [-0.2, 0) is 4.74 Å². The van der Waals surface area contributed by atoms with Crippen LogP contribution in [0.3, 0.4) is 0 Å². The van der Waals surface area contributed by atoms with Gasteiger partial charge in [-0.25, -0.2) is 14.2 Å². The molecule has 1 heterocycles. The molecule has 0 atom stereocenters. The van der Waals surface area contributed by atoms with Gasteiger partial charge in [-0.05, 0) is 24.8 Å². The number of ether oxygens (including phenoxy) is 1. The highest BCUT2D eigenvalue weighted by Crippen LogP contribution is 2.28. The van der Waals surface area contributed by atoms with Crippen LogP contribution in [0.2, 0.25) is 0 Å². The van der Waals surface area contributed by atoms with E-state index in [1.807, 2.05) is 0 Å². The smallest absolute Gasteiger partial charge is 0.338 e. The number of aromatic carboxylic acids is 1. The molecule has 6 heteroatoms. The van der Waals surface area contributed by atoms with Crippen LogP contribution < -0.4 is 5.32 Å². The average molecular weight is 254 g/mol. The maximum atomic E-state index is 13.6. The van der Waals surface area contributed by atoms with Crippen molar-refractivity contribution < 1.29 is 19.0 Å². The standard InChI is InChI=1S/C12H15FN2O3/c13-10-9(12(16)17)3-4-14-11(10)15-5-6-18-7-8-1-2-8/h3-4,8H,1-2,5-7H2,(H,14,15)(H,16,17). The van der Waals surface area contributed by atoms with E-state index in [0.717, 1.165) is 12.7 Å². The molecule has 2 rings (SSSR count). The molecule has 1 aromatic rings. The first kappa shape index (κ1) is 12.8. The number of hydrogen-bond acceptors (Lipinski definition) is 4. The first-order chi connectivity index (χ1) is 8.68. The molecule has 1 aliphatic carbocycles. The lowest BCUT2D eigenvalue weighted by molar-refractivity contribution is 0.0692. The van der Waals surface area contributed by atoms with Crippen LogP contribution in [-0.4, -0.2) is 35.8 Å². The maximum absolute atomic E-state index is 13.6. The van der Waals surface area contributed by atoms with Crippen LogP contribution >= 0.6 is 0 Å². The number of rotatable bonds is 7. The quantitative estimate of drug-likeness (QED) is 0.725. The summed E-state index contributed by atoms with van der Waals surface area (Å²) in [5.41, 5.74) is -0.383. The summed E-state index contributed by atoms with van der Waals surface area (Å²) in [5, 5.41) is 11.5. The SMILES string of the molecule is O=C(O)c1ccnc(NCCOCC2CC2)c1F. The molecule has 5 nitrogen and oxygen atoms in total. The Morgan fingerprint density at radius 1 is 1.61 bits per heavy atom. The van der Waals surface area contributed by atoms with Crippen LogP contribution in [0.25, 0.3) is 0 Å². The summed E-state index contributed by atoms with van der Waals surface area (Å²) in [5.74, 6) is -1.50. The second kappa shape index (κ2) is 5.77. The summed E-state index contributed by atoms with van der Waals surface area (Å²) in [4.78, 5) is 14.5. The molecule has 1 saturated carbocycles. The first-order valence-electron chi connectivity index (χ1n) is 5.88. The Morgan fingerprint density at radius 3 is 3.06 bits per heavy atom. The van der Waals surface area contributed by atoms with Crippen molar-refractivity contribution in [2.75, 3.05) is 25.1 Å². The second-order valence-corrected chi connectivity index (χ2v) is 4.27. The van der Waals surface area contributed by atoms with Crippen molar-refractivity contribution in [3.8, 4) is 0 Å². The monoisotopic (exact) mass is 254 g/mol. The third kappa shape index (κ3) is 3.40. The zero-order chi connectivity index (χ0) is 13.0. The molecule has 0 bridgehead atoms. The van der Waals surface area contributed by atoms with Gasteiger partial charge in [0.25, 0.3) is 0 Å². The lowest BCUT2D eigenvalue weighted by Crippen LogP contribution is -2.14. The van der Waals surface area contributed by atoms with E-state index in [0.29, 0.717) is 19.1 Å². The van der Waals surface area contributed by atoms with Crippen molar-refractivity contribution in [2.24, 2.45) is 5.92 Å². The topological polar surface area (TPSA) is 71.5 Å². The molecule has 1 aromatic heterocycles. The maximum Gasteiger partial charge on any atom is 0.338 e. The largest absolute Gasteiger partial charge is 0.478 e. The fourth-order valence-electron chi connectivity index (χ4n) is 1.51. The molecular weight excluding hydrogens is 239 g/mol. The zero-order valence-corrected chi connectivity index (χ0v) is 9.86. The number of carbonyl (C=O) groups is 1. The van der Waals surface area contributed by atoms with Crippen LogP contribution in [0.4, 0.5) is 10.2 Å². The van der Waals surface area contributed by atoms with Crippen molar-refractivity contribution in [3.63, 3.8) is 0 Å². The van der Waals surface area contributed by atoms with Crippen LogP contribution in [0.5, 0.6) is 0 Å². The van der Waals surface area contributed by atoms with Crippen molar-refractivity contribution in [3.05, 3.63) is 23.6 Å². The van der Waals surface area contributed by atoms with Gasteiger partial charge in [0.1, 0.15) is 5.56 Å². The molecule has 0 amide bonds. The average Bonchev–Trinajstić information content (AvgIpc) is 3.14. The third-order valence-corrected chi connectivity index (χ3v) is 2.71. The van der Waals surface area contributed by atoms with E-state index in [4.69, 9.17) is 9.84 Å². The molecule has 0 saturated heterocycles. The van der Waals surface area contributed by atoms with Crippen molar-refractivity contribution in [1.29, 1.82) is 0 Å². The van der Waals surface area contributed by atoms with E-state index < -0.39 is 11.8 Å². The van der Waals surface area contributed by atoms with Gasteiger partial charge < -0.3 is 15.2 Å². The fourth-order valence-corrected chi connectivity index (χ4v) is 1.51. The number of carboxylic acids is 1. The molecule has 0 aliphatic heterocycles. The van der Waals surface area contributed by atoms with Gasteiger partial charge in [-0.2, -0.15) is 0 Å². The summed E-state index contributed by atoms with van der Waals surface area (Å²) in [6.07, 6.45) is 3.72. The van der Waals surface area contributed by atoms with E-state index >= 15 is 0 Å². The van der Waals surface area contributed by atoms with Gasteiger partial charge in [0.2, 0.25) is 0 Å². The summed E-state index contributed by atoms with van der Waals surface area (Å²) < 4.78 is 19.0. The summed E-state index contributed by atoms with van der Waals surface area (Å²) in [6.45, 7) is 1.60. The van der Waals surface area contributed by atoms with E-state index in [9.17, 15) is 9.18 Å². The Kier molecular flexibility index (Phi) is 4.09. The molecule has 2 N–H and O–H groups in total. The third-order valence-electron chi connectivity index (χ3n) is 2.71. The number of nitrogens with zero attached hydrogens (tertiary/aromatic N) is 1. The first-order valence-corrected chi connectivity index (χ1v) is 5.88. The highest BCUT2D eigenvalue weighted by Gasteiger charge is 2.21. The highest BCUT2D eigenvalue weighted by atomic mass is 19.1. The van der Waals surface area contributed by atoms with Gasteiger partial charge in [0.15, 0.2) is 11.6 Å². The molecule has 0 radical (unpaired) electrons. The number of anilines is 1.